The van der Waals surface area contributed by atoms with Crippen molar-refractivity contribution in [1.29, 1.82) is 0 Å². The number of Topliss-reactive ketones (excluding diaryl/α,β-unsaturated/α-hetero) is 1. The van der Waals surface area contributed by atoms with Crippen LogP contribution in [0.3, 0.4) is 0 Å². The van der Waals surface area contributed by atoms with Crippen LogP contribution in [0, 0.1) is 12.3 Å². The maximum Gasteiger partial charge on any atom is 0.227 e. The van der Waals surface area contributed by atoms with Crippen LogP contribution in [0.5, 0.6) is 0 Å². The first kappa shape index (κ1) is 13.7. The Kier molecular flexibility index (Phi) is 3.43. The third kappa shape index (κ3) is 2.78. The Bertz CT molecular complexity index is 587. The Morgan fingerprint density at radius 3 is 1.90 bits per heavy atom. The average molecular weight is 286 g/mol. The molecule has 3 heterocycles. The summed E-state index contributed by atoms with van der Waals surface area (Å²) >= 11 is 0. The number of ketones is 2. The molecule has 2 N–H and O–H groups in total. The maximum absolute atomic E-state index is 12.4. The summed E-state index contributed by atoms with van der Waals surface area (Å²) in [7, 11) is 0. The first-order valence-electron chi connectivity index (χ1n) is 7.10. The molecule has 21 heavy (non-hydrogen) atoms. The third-order valence-electron chi connectivity index (χ3n) is 3.61. The highest BCUT2D eigenvalue weighted by molar-refractivity contribution is 6.22. The van der Waals surface area contributed by atoms with Crippen molar-refractivity contribution in [3.05, 3.63) is 23.2 Å². The van der Waals surface area contributed by atoms with Crippen molar-refractivity contribution >= 4 is 11.6 Å². The molecule has 6 heteroatoms. The summed E-state index contributed by atoms with van der Waals surface area (Å²) in [5.41, 5.74) is 6.68. The minimum atomic E-state index is 0.00546. The Labute approximate surface area is 123 Å². The number of rotatable bonds is 3. The van der Waals surface area contributed by atoms with E-state index >= 15 is 0 Å². The van der Waals surface area contributed by atoms with Crippen LogP contribution in [0.1, 0.15) is 0 Å². The second-order valence-electron chi connectivity index (χ2n) is 5.29. The number of carbonyl (C=O) groups excluding carboxylic acids is 2. The fourth-order valence-electron chi connectivity index (χ4n) is 2.28. The molecular formula is C15H18N4O2. The summed E-state index contributed by atoms with van der Waals surface area (Å²) in [6, 6.07) is 0. The fourth-order valence-corrected chi connectivity index (χ4v) is 2.28. The largest absolute Gasteiger partial charge is 0.365 e. The Hall–Kier alpha value is -2.26. The van der Waals surface area contributed by atoms with Crippen molar-refractivity contribution in [2.45, 2.75) is 0 Å². The van der Waals surface area contributed by atoms with Crippen molar-refractivity contribution in [1.82, 2.24) is 14.7 Å². The van der Waals surface area contributed by atoms with Gasteiger partial charge in [-0.2, -0.15) is 0 Å². The molecular weight excluding hydrogens is 268 g/mol. The standard InChI is InChI=1S/C12H13N3O2.C3H5N/c16-9-7-8(13-1-2-13)12(17)11(15-5-6-15)10(9)14-3-4-14;1-2-3-4/h7H,1-6H2;1H,3-4H2. The molecule has 0 bridgehead atoms. The van der Waals surface area contributed by atoms with Crippen LogP contribution in [-0.4, -0.2) is 72.1 Å². The van der Waals surface area contributed by atoms with Gasteiger partial charge < -0.3 is 20.4 Å². The lowest BCUT2D eigenvalue weighted by atomic mass is 10.0. The Morgan fingerprint density at radius 1 is 1.00 bits per heavy atom. The van der Waals surface area contributed by atoms with Gasteiger partial charge in [0.2, 0.25) is 11.6 Å². The first-order valence-corrected chi connectivity index (χ1v) is 7.10. The van der Waals surface area contributed by atoms with Gasteiger partial charge >= 0.3 is 0 Å². The summed E-state index contributed by atoms with van der Waals surface area (Å²) in [4.78, 5) is 30.5. The van der Waals surface area contributed by atoms with E-state index in [2.05, 4.69) is 12.3 Å². The molecule has 3 aliphatic heterocycles. The zero-order chi connectivity index (χ0) is 15.0. The lowest BCUT2D eigenvalue weighted by molar-refractivity contribution is -0.117. The summed E-state index contributed by atoms with van der Waals surface area (Å²) in [5.74, 6) is 2.26. The van der Waals surface area contributed by atoms with Crippen LogP contribution in [0.25, 0.3) is 0 Å². The van der Waals surface area contributed by atoms with Crippen LogP contribution in [-0.2, 0) is 9.59 Å². The van der Waals surface area contributed by atoms with Gasteiger partial charge in [0.25, 0.3) is 0 Å². The molecule has 110 valence electrons. The third-order valence-corrected chi connectivity index (χ3v) is 3.61. The predicted molar refractivity (Wildman–Crippen MR) is 77.7 cm³/mol. The molecule has 4 aliphatic rings. The molecule has 4 rings (SSSR count). The van der Waals surface area contributed by atoms with E-state index in [0.717, 1.165) is 39.3 Å². The predicted octanol–water partition coefficient (Wildman–Crippen LogP) is -1.24. The van der Waals surface area contributed by atoms with Crippen molar-refractivity contribution in [3.63, 3.8) is 0 Å². The van der Waals surface area contributed by atoms with E-state index in [-0.39, 0.29) is 11.6 Å². The van der Waals surface area contributed by atoms with E-state index in [1.54, 1.807) is 0 Å². The van der Waals surface area contributed by atoms with Gasteiger partial charge in [-0.3, -0.25) is 9.59 Å². The van der Waals surface area contributed by atoms with Gasteiger partial charge in [-0.15, -0.1) is 6.42 Å². The molecule has 3 saturated heterocycles. The van der Waals surface area contributed by atoms with Crippen LogP contribution in [0.2, 0.25) is 0 Å². The van der Waals surface area contributed by atoms with Gasteiger partial charge in [-0.1, -0.05) is 5.92 Å². The zero-order valence-corrected chi connectivity index (χ0v) is 11.8. The molecule has 0 amide bonds. The van der Waals surface area contributed by atoms with Crippen molar-refractivity contribution in [2.24, 2.45) is 5.73 Å². The van der Waals surface area contributed by atoms with Gasteiger partial charge in [-0.05, 0) is 0 Å². The average Bonchev–Trinajstić information content (AvgIpc) is 3.30. The topological polar surface area (TPSA) is 69.2 Å². The number of nitrogens with two attached hydrogens (primary N) is 1. The molecule has 0 radical (unpaired) electrons. The number of nitrogens with zero attached hydrogens (tertiary/aromatic N) is 3. The highest BCUT2D eigenvalue weighted by Crippen LogP contribution is 2.33. The van der Waals surface area contributed by atoms with E-state index < -0.39 is 0 Å². The van der Waals surface area contributed by atoms with Crippen molar-refractivity contribution in [3.8, 4) is 12.3 Å². The molecule has 0 saturated carbocycles. The van der Waals surface area contributed by atoms with E-state index in [0.29, 0.717) is 23.6 Å². The van der Waals surface area contributed by atoms with Gasteiger partial charge in [0, 0.05) is 45.3 Å². The molecule has 0 spiro atoms. The highest BCUT2D eigenvalue weighted by atomic mass is 16.1. The van der Waals surface area contributed by atoms with Crippen molar-refractivity contribution in [2.75, 3.05) is 45.8 Å². The van der Waals surface area contributed by atoms with Gasteiger partial charge in [0.05, 0.1) is 12.2 Å². The minimum absolute atomic E-state index is 0.00546. The molecule has 3 fully saturated rings. The smallest absolute Gasteiger partial charge is 0.227 e. The Balaban J connectivity index is 0.000000298. The summed E-state index contributed by atoms with van der Waals surface area (Å²) < 4.78 is 0. The quantitative estimate of drug-likeness (QED) is 0.397. The van der Waals surface area contributed by atoms with Gasteiger partial charge in [-0.25, -0.2) is 0 Å². The van der Waals surface area contributed by atoms with E-state index in [9.17, 15) is 9.59 Å². The maximum atomic E-state index is 12.4. The summed E-state index contributed by atoms with van der Waals surface area (Å²) in [6.45, 7) is 5.75. The molecule has 0 aromatic rings. The minimum Gasteiger partial charge on any atom is -0.365 e. The van der Waals surface area contributed by atoms with Crippen LogP contribution in [0.15, 0.2) is 23.2 Å². The SMILES string of the molecule is C#CCN.O=C1C=C(N2CC2)C(=O)C(N2CC2)=C1N1CC1. The lowest BCUT2D eigenvalue weighted by Crippen LogP contribution is -2.29. The monoisotopic (exact) mass is 286 g/mol. The number of allylic oxidation sites excluding steroid dienone is 1. The second-order valence-corrected chi connectivity index (χ2v) is 5.29. The zero-order valence-electron chi connectivity index (χ0n) is 11.8. The normalized spacial score (nSPS) is 22.5. The highest BCUT2D eigenvalue weighted by Gasteiger charge is 2.43. The molecule has 0 aromatic heterocycles. The van der Waals surface area contributed by atoms with E-state index in [1.165, 1.54) is 6.08 Å². The van der Waals surface area contributed by atoms with E-state index in [4.69, 9.17) is 5.73 Å². The van der Waals surface area contributed by atoms with Crippen LogP contribution in [0.4, 0.5) is 0 Å². The van der Waals surface area contributed by atoms with Gasteiger partial charge in [0.1, 0.15) is 11.4 Å². The lowest BCUT2D eigenvalue weighted by Gasteiger charge is -2.21. The molecule has 6 nitrogen and oxygen atoms in total. The Morgan fingerprint density at radius 2 is 1.48 bits per heavy atom. The summed E-state index contributed by atoms with van der Waals surface area (Å²) in [6.07, 6.45) is 6.18. The van der Waals surface area contributed by atoms with Crippen molar-refractivity contribution < 1.29 is 9.59 Å². The number of terminal acetylenes is 1. The molecule has 0 unspecified atom stereocenters. The van der Waals surface area contributed by atoms with Crippen LogP contribution >= 0.6 is 0 Å². The number of carbonyl (C=O) groups is 2. The fraction of sp³-hybridized carbons (Fsp3) is 0.467. The molecule has 1 aliphatic carbocycles. The number of hydrogen-bond acceptors (Lipinski definition) is 6. The van der Waals surface area contributed by atoms with Crippen LogP contribution < -0.4 is 5.73 Å². The first-order chi connectivity index (χ1) is 10.2. The van der Waals surface area contributed by atoms with E-state index in [1.807, 2.05) is 14.7 Å². The second kappa shape index (κ2) is 5.26. The molecule has 0 aromatic carbocycles. The number of hydrogen-bond donors (Lipinski definition) is 1. The summed E-state index contributed by atoms with van der Waals surface area (Å²) in [5, 5.41) is 0. The molecule has 0 atom stereocenters. The van der Waals surface area contributed by atoms with Gasteiger partial charge in [0.15, 0.2) is 0 Å².